The molecule has 0 radical (unpaired) electrons. The molecule has 0 spiro atoms. The summed E-state index contributed by atoms with van der Waals surface area (Å²) in [4.78, 5) is 20.7. The van der Waals surface area contributed by atoms with E-state index in [0.717, 1.165) is 0 Å². The zero-order valence-corrected chi connectivity index (χ0v) is 9.05. The van der Waals surface area contributed by atoms with Gasteiger partial charge in [-0.15, -0.1) is 0 Å². The topological polar surface area (TPSA) is 73.9 Å². The van der Waals surface area contributed by atoms with E-state index < -0.39 is 11.8 Å². The van der Waals surface area contributed by atoms with Crippen molar-refractivity contribution in [2.45, 2.75) is 18.8 Å². The quantitative estimate of drug-likeness (QED) is 0.627. The summed E-state index contributed by atoms with van der Waals surface area (Å²) in [7, 11) is 0. The van der Waals surface area contributed by atoms with Gasteiger partial charge in [0.25, 0.3) is 12.9 Å². The molecule has 2 aliphatic rings. The lowest BCUT2D eigenvalue weighted by molar-refractivity contribution is -0.167. The number of nitrogens with one attached hydrogen (secondary N) is 1. The highest BCUT2D eigenvalue weighted by Crippen LogP contribution is 2.42. The maximum Gasteiger partial charge on any atom is 0.294 e. The van der Waals surface area contributed by atoms with E-state index in [4.69, 9.17) is 14.2 Å². The van der Waals surface area contributed by atoms with Crippen LogP contribution in [0.4, 0.5) is 0 Å². The van der Waals surface area contributed by atoms with Crippen molar-refractivity contribution in [1.82, 2.24) is 5.32 Å². The molecule has 2 heterocycles. The second-order valence-corrected chi connectivity index (χ2v) is 4.28. The fourth-order valence-electron chi connectivity index (χ4n) is 2.65. The van der Waals surface area contributed by atoms with E-state index in [0.29, 0.717) is 32.0 Å². The number of carbonyl (C=O) groups is 2. The van der Waals surface area contributed by atoms with Gasteiger partial charge < -0.3 is 14.2 Å². The van der Waals surface area contributed by atoms with Crippen molar-refractivity contribution in [3.05, 3.63) is 0 Å². The second kappa shape index (κ2) is 4.39. The predicted octanol–water partition coefficient (Wildman–Crippen LogP) is -0.717. The molecule has 4 atom stereocenters. The smallest absolute Gasteiger partial charge is 0.294 e. The third kappa shape index (κ3) is 1.58. The molecule has 0 aromatic rings. The van der Waals surface area contributed by atoms with Crippen LogP contribution in [-0.4, -0.2) is 44.5 Å². The minimum Gasteiger partial charge on any atom is -0.465 e. The summed E-state index contributed by atoms with van der Waals surface area (Å²) in [5.41, 5.74) is -0.721. The minimum atomic E-state index is -0.721. The van der Waals surface area contributed by atoms with Crippen molar-refractivity contribution in [1.29, 1.82) is 0 Å². The number of hydrogen-bond acceptors (Lipinski definition) is 6. The Morgan fingerprint density at radius 3 is 3.00 bits per heavy atom. The monoisotopic (exact) mass is 229 g/mol. The van der Waals surface area contributed by atoms with Gasteiger partial charge in [-0.2, -0.15) is 0 Å². The van der Waals surface area contributed by atoms with Gasteiger partial charge in [-0.05, 0) is 5.92 Å². The van der Waals surface area contributed by atoms with Crippen LogP contribution >= 0.6 is 0 Å². The molecule has 90 valence electrons. The standard InChI is InChI=1S/C10H15NO5/c1-7-3-16-10(4-14-5-12)8(7)2-11-9(10)15-6-13/h5-9,11H,2-4H2,1H3/t7-,8-,9-,10+/m1/s1. The van der Waals surface area contributed by atoms with Gasteiger partial charge in [-0.25, -0.2) is 0 Å². The molecule has 2 aliphatic heterocycles. The number of rotatable bonds is 5. The van der Waals surface area contributed by atoms with Gasteiger partial charge in [-0.3, -0.25) is 14.9 Å². The third-order valence-corrected chi connectivity index (χ3v) is 3.47. The zero-order chi connectivity index (χ0) is 11.6. The molecular formula is C10H15NO5. The molecule has 0 aliphatic carbocycles. The van der Waals surface area contributed by atoms with E-state index in [1.54, 1.807) is 0 Å². The molecule has 6 heteroatoms. The Hall–Kier alpha value is -1.14. The molecule has 6 nitrogen and oxygen atoms in total. The average molecular weight is 229 g/mol. The Kier molecular flexibility index (Phi) is 3.11. The van der Waals surface area contributed by atoms with Gasteiger partial charge in [0.05, 0.1) is 6.61 Å². The maximum atomic E-state index is 10.4. The lowest BCUT2D eigenvalue weighted by Crippen LogP contribution is -2.50. The van der Waals surface area contributed by atoms with Crippen molar-refractivity contribution >= 4 is 12.9 Å². The highest BCUT2D eigenvalue weighted by atomic mass is 16.6. The van der Waals surface area contributed by atoms with Crippen LogP contribution in [-0.2, 0) is 23.8 Å². The second-order valence-electron chi connectivity index (χ2n) is 4.28. The first-order valence-corrected chi connectivity index (χ1v) is 5.26. The molecule has 2 saturated heterocycles. The van der Waals surface area contributed by atoms with Gasteiger partial charge in [0, 0.05) is 12.5 Å². The Balaban J connectivity index is 2.17. The molecule has 0 aromatic carbocycles. The summed E-state index contributed by atoms with van der Waals surface area (Å²) in [6, 6.07) is 0. The van der Waals surface area contributed by atoms with Gasteiger partial charge in [0.15, 0.2) is 11.8 Å². The highest BCUT2D eigenvalue weighted by molar-refractivity contribution is 5.39. The first kappa shape index (κ1) is 11.3. The Bertz CT molecular complexity index is 284. The predicted molar refractivity (Wildman–Crippen MR) is 52.3 cm³/mol. The summed E-state index contributed by atoms with van der Waals surface area (Å²) in [6.07, 6.45) is -0.542. The molecule has 0 amide bonds. The molecule has 0 unspecified atom stereocenters. The van der Waals surface area contributed by atoms with E-state index in [2.05, 4.69) is 12.2 Å². The van der Waals surface area contributed by atoms with E-state index in [1.165, 1.54) is 0 Å². The first-order chi connectivity index (χ1) is 7.74. The molecule has 2 fully saturated rings. The molecule has 1 N–H and O–H groups in total. The first-order valence-electron chi connectivity index (χ1n) is 5.26. The van der Waals surface area contributed by atoms with Gasteiger partial charge in [-0.1, -0.05) is 6.92 Å². The maximum absolute atomic E-state index is 10.4. The van der Waals surface area contributed by atoms with Crippen molar-refractivity contribution in [3.8, 4) is 0 Å². The van der Waals surface area contributed by atoms with Crippen LogP contribution < -0.4 is 5.32 Å². The fraction of sp³-hybridized carbons (Fsp3) is 0.800. The summed E-state index contributed by atoms with van der Waals surface area (Å²) in [5.74, 6) is 0.542. The molecular weight excluding hydrogens is 214 g/mol. The summed E-state index contributed by atoms with van der Waals surface area (Å²) in [6.45, 7) is 4.23. The van der Waals surface area contributed by atoms with Crippen molar-refractivity contribution in [2.75, 3.05) is 19.8 Å². The largest absolute Gasteiger partial charge is 0.465 e. The Labute approximate surface area is 93.2 Å². The fourth-order valence-corrected chi connectivity index (χ4v) is 2.65. The van der Waals surface area contributed by atoms with Crippen LogP contribution in [0.25, 0.3) is 0 Å². The van der Waals surface area contributed by atoms with Crippen molar-refractivity contribution in [3.63, 3.8) is 0 Å². The van der Waals surface area contributed by atoms with Crippen molar-refractivity contribution in [2.24, 2.45) is 11.8 Å². The van der Waals surface area contributed by atoms with Crippen molar-refractivity contribution < 1.29 is 23.8 Å². The van der Waals surface area contributed by atoms with Crippen LogP contribution in [0.5, 0.6) is 0 Å². The average Bonchev–Trinajstić information content (AvgIpc) is 2.78. The zero-order valence-electron chi connectivity index (χ0n) is 9.05. The van der Waals surface area contributed by atoms with Gasteiger partial charge in [0.1, 0.15) is 6.61 Å². The number of ether oxygens (including phenoxy) is 3. The van der Waals surface area contributed by atoms with E-state index in [9.17, 15) is 9.59 Å². The van der Waals surface area contributed by atoms with Gasteiger partial charge in [0.2, 0.25) is 0 Å². The summed E-state index contributed by atoms with van der Waals surface area (Å²) < 4.78 is 15.5. The molecule has 0 bridgehead atoms. The number of hydrogen-bond donors (Lipinski definition) is 1. The highest BCUT2D eigenvalue weighted by Gasteiger charge is 2.59. The SMILES string of the molecule is C[C@@H]1CO[C@]2(COC=O)[C@@H](OC=O)NC[C@H]12. The summed E-state index contributed by atoms with van der Waals surface area (Å²) in [5, 5.41) is 3.07. The van der Waals surface area contributed by atoms with E-state index in [-0.39, 0.29) is 12.5 Å². The van der Waals surface area contributed by atoms with Gasteiger partial charge >= 0.3 is 0 Å². The third-order valence-electron chi connectivity index (χ3n) is 3.47. The van der Waals surface area contributed by atoms with E-state index >= 15 is 0 Å². The normalized spacial score (nSPS) is 41.4. The lowest BCUT2D eigenvalue weighted by atomic mass is 9.84. The summed E-state index contributed by atoms with van der Waals surface area (Å²) >= 11 is 0. The molecule has 0 aromatic heterocycles. The molecule has 0 saturated carbocycles. The molecule has 16 heavy (non-hydrogen) atoms. The molecule has 2 rings (SSSR count). The minimum absolute atomic E-state index is 0.108. The Morgan fingerprint density at radius 2 is 2.31 bits per heavy atom. The van der Waals surface area contributed by atoms with Crippen LogP contribution in [0.2, 0.25) is 0 Å². The van der Waals surface area contributed by atoms with Crippen LogP contribution in [0.15, 0.2) is 0 Å². The van der Waals surface area contributed by atoms with E-state index in [1.807, 2.05) is 0 Å². The number of carbonyl (C=O) groups excluding carboxylic acids is 2. The van der Waals surface area contributed by atoms with Crippen LogP contribution in [0, 0.1) is 11.8 Å². The van der Waals surface area contributed by atoms with Crippen LogP contribution in [0.1, 0.15) is 6.92 Å². The Morgan fingerprint density at radius 1 is 1.50 bits per heavy atom. The van der Waals surface area contributed by atoms with Crippen LogP contribution in [0.3, 0.4) is 0 Å². The lowest BCUT2D eigenvalue weighted by Gasteiger charge is -2.31. The number of fused-ring (bicyclic) bond motifs is 1.